The molecule has 0 saturated carbocycles. The lowest BCUT2D eigenvalue weighted by atomic mass is 9.66. The summed E-state index contributed by atoms with van der Waals surface area (Å²) >= 11 is 1.66. The third-order valence-corrected chi connectivity index (χ3v) is 11.9. The summed E-state index contributed by atoms with van der Waals surface area (Å²) in [6, 6.07) is -1.30. The first-order chi connectivity index (χ1) is 19.6. The summed E-state index contributed by atoms with van der Waals surface area (Å²) in [6.07, 6.45) is 8.38. The second-order valence-electron chi connectivity index (χ2n) is 14.7. The minimum atomic E-state index is -0.782. The highest BCUT2D eigenvalue weighted by Gasteiger charge is 2.77. The standard InChI is InChI=1S/C34H56N2O5S/c1-11-14-15-16-18-41-31(40)26-25-19-23(5)34(42-25)27(26)29(38)36(24(20-37)22(4)13-3)28(34)30(39)35(17-12-2)33(9,10)21-32(6,7)8/h11-12,22-28,37H,1-2,13-21H2,3-10H3/t22-,23?,24-,25+,26-,27-,28?,34?/m0/s1. The molecule has 0 radical (unpaired) electrons. The lowest BCUT2D eigenvalue weighted by molar-refractivity contribution is -0.155. The predicted molar refractivity (Wildman–Crippen MR) is 171 cm³/mol. The average Bonchev–Trinajstić information content (AvgIpc) is 3.49. The molecule has 238 valence electrons. The van der Waals surface area contributed by atoms with Gasteiger partial charge in [-0.25, -0.2) is 0 Å². The van der Waals surface area contributed by atoms with E-state index in [0.29, 0.717) is 13.2 Å². The molecule has 3 fully saturated rings. The Balaban J connectivity index is 2.10. The number of esters is 1. The topological polar surface area (TPSA) is 87.1 Å². The van der Waals surface area contributed by atoms with Crippen molar-refractivity contribution in [3.63, 3.8) is 0 Å². The Morgan fingerprint density at radius 1 is 1.21 bits per heavy atom. The SMILES string of the molecule is C=CCCCCOC(=O)[C@@H]1[C@H]2C(=O)N([C@@H](CO)[C@@H](C)CC)C(C(=O)N(CC=C)C(C)(C)CC(C)(C)C)C23S[C@@H]1CC3C. The van der Waals surface area contributed by atoms with Gasteiger partial charge in [0.2, 0.25) is 11.8 Å². The van der Waals surface area contributed by atoms with Crippen molar-refractivity contribution < 1.29 is 24.2 Å². The molecule has 2 amide bonds. The molecule has 0 aromatic heterocycles. The van der Waals surface area contributed by atoms with Crippen molar-refractivity contribution in [3.8, 4) is 0 Å². The number of carbonyl (C=O) groups excluding carboxylic acids is 3. The van der Waals surface area contributed by atoms with Gasteiger partial charge in [0.1, 0.15) is 6.04 Å². The summed E-state index contributed by atoms with van der Waals surface area (Å²) < 4.78 is 5.02. The largest absolute Gasteiger partial charge is 0.465 e. The van der Waals surface area contributed by atoms with Crippen LogP contribution in [0.1, 0.15) is 93.9 Å². The number of carbonyl (C=O) groups is 3. The van der Waals surface area contributed by atoms with Crippen LogP contribution in [-0.4, -0.2) is 80.1 Å². The van der Waals surface area contributed by atoms with E-state index in [1.807, 2.05) is 24.8 Å². The van der Waals surface area contributed by atoms with E-state index in [1.165, 1.54) is 0 Å². The first-order valence-corrected chi connectivity index (χ1v) is 16.8. The number of ether oxygens (including phenoxy) is 1. The van der Waals surface area contributed by atoms with Crippen LogP contribution in [0.3, 0.4) is 0 Å². The molecule has 3 unspecified atom stereocenters. The van der Waals surface area contributed by atoms with Crippen LogP contribution in [0.2, 0.25) is 0 Å². The zero-order valence-corrected chi connectivity index (χ0v) is 28.2. The van der Waals surface area contributed by atoms with Crippen LogP contribution >= 0.6 is 11.8 Å². The van der Waals surface area contributed by atoms with Crippen molar-refractivity contribution in [2.45, 2.75) is 122 Å². The summed E-state index contributed by atoms with van der Waals surface area (Å²) in [4.78, 5) is 46.9. The van der Waals surface area contributed by atoms with E-state index in [9.17, 15) is 14.7 Å². The van der Waals surface area contributed by atoms with Crippen LogP contribution in [0, 0.1) is 29.1 Å². The van der Waals surface area contributed by atoms with Gasteiger partial charge in [-0.2, -0.15) is 0 Å². The fourth-order valence-electron chi connectivity index (χ4n) is 8.14. The quantitative estimate of drug-likeness (QED) is 0.143. The van der Waals surface area contributed by atoms with Gasteiger partial charge in [-0.15, -0.1) is 24.9 Å². The van der Waals surface area contributed by atoms with Crippen LogP contribution in [-0.2, 0) is 19.1 Å². The number of hydrogen-bond acceptors (Lipinski definition) is 6. The number of unbranched alkanes of at least 4 members (excludes halogenated alkanes) is 2. The Hall–Kier alpha value is -1.80. The molecule has 8 heteroatoms. The van der Waals surface area contributed by atoms with Gasteiger partial charge in [0.25, 0.3) is 0 Å². The molecule has 1 N–H and O–H groups in total. The molecule has 3 aliphatic heterocycles. The van der Waals surface area contributed by atoms with Gasteiger partial charge in [-0.1, -0.05) is 60.1 Å². The Kier molecular flexibility index (Phi) is 11.1. The zero-order chi connectivity index (χ0) is 31.6. The Morgan fingerprint density at radius 2 is 1.88 bits per heavy atom. The molecule has 3 heterocycles. The number of nitrogens with zero attached hydrogens (tertiary/aromatic N) is 2. The fraction of sp³-hybridized carbons (Fsp3) is 0.794. The van der Waals surface area contributed by atoms with E-state index < -0.39 is 34.2 Å². The Bertz CT molecular complexity index is 1020. The van der Waals surface area contributed by atoms with Gasteiger partial charge in [0, 0.05) is 17.3 Å². The number of aliphatic hydroxyl groups excluding tert-OH is 1. The number of thioether (sulfide) groups is 1. The second kappa shape index (κ2) is 13.5. The number of likely N-dealkylation sites (tertiary alicyclic amines) is 1. The van der Waals surface area contributed by atoms with E-state index >= 15 is 4.79 Å². The molecule has 3 saturated heterocycles. The van der Waals surface area contributed by atoms with Gasteiger partial charge in [-0.05, 0) is 63.2 Å². The van der Waals surface area contributed by atoms with Gasteiger partial charge in [0.05, 0.1) is 35.8 Å². The highest BCUT2D eigenvalue weighted by molar-refractivity contribution is 8.02. The first-order valence-electron chi connectivity index (χ1n) is 15.9. The normalized spacial score (nSPS) is 30.2. The van der Waals surface area contributed by atoms with Crippen LogP contribution in [0.15, 0.2) is 25.3 Å². The molecule has 2 bridgehead atoms. The minimum absolute atomic E-state index is 0.0207. The van der Waals surface area contributed by atoms with Crippen LogP contribution < -0.4 is 0 Å². The predicted octanol–water partition coefficient (Wildman–Crippen LogP) is 5.86. The maximum absolute atomic E-state index is 15.0. The smallest absolute Gasteiger partial charge is 0.310 e. The van der Waals surface area contributed by atoms with E-state index in [2.05, 4.69) is 54.7 Å². The number of allylic oxidation sites excluding steroid dienone is 1. The first kappa shape index (κ1) is 34.7. The summed E-state index contributed by atoms with van der Waals surface area (Å²) in [5, 5.41) is 10.6. The molecule has 42 heavy (non-hydrogen) atoms. The van der Waals surface area contributed by atoms with Crippen LogP contribution in [0.5, 0.6) is 0 Å². The lowest BCUT2D eigenvalue weighted by Crippen LogP contribution is -2.63. The summed E-state index contributed by atoms with van der Waals surface area (Å²) in [6.45, 7) is 25.0. The number of hydrogen-bond donors (Lipinski definition) is 1. The average molecular weight is 605 g/mol. The maximum Gasteiger partial charge on any atom is 0.310 e. The van der Waals surface area contributed by atoms with Crippen LogP contribution in [0.25, 0.3) is 0 Å². The molecule has 0 aliphatic carbocycles. The number of fused-ring (bicyclic) bond motifs is 1. The van der Waals surface area contributed by atoms with Crippen molar-refractivity contribution in [1.82, 2.24) is 9.80 Å². The van der Waals surface area contributed by atoms with Gasteiger partial charge < -0.3 is 19.6 Å². The van der Waals surface area contributed by atoms with Gasteiger partial charge in [0.15, 0.2) is 0 Å². The molecule has 0 aromatic carbocycles. The monoisotopic (exact) mass is 604 g/mol. The van der Waals surface area contributed by atoms with Crippen molar-refractivity contribution in [2.24, 2.45) is 29.1 Å². The summed E-state index contributed by atoms with van der Waals surface area (Å²) in [5.41, 5.74) is -0.541. The van der Waals surface area contributed by atoms with Crippen molar-refractivity contribution >= 4 is 29.5 Å². The Labute approximate surface area is 258 Å². The third kappa shape index (κ3) is 6.36. The van der Waals surface area contributed by atoms with Crippen molar-refractivity contribution in [2.75, 3.05) is 19.8 Å². The molecule has 3 rings (SSSR count). The number of amides is 2. The highest BCUT2D eigenvalue weighted by Crippen LogP contribution is 2.69. The third-order valence-electron chi connectivity index (χ3n) is 9.85. The van der Waals surface area contributed by atoms with E-state index in [4.69, 9.17) is 4.74 Å². The van der Waals surface area contributed by atoms with Gasteiger partial charge in [-0.3, -0.25) is 14.4 Å². The molecule has 1 spiro atoms. The number of rotatable bonds is 15. The molecule has 3 aliphatic rings. The van der Waals surface area contributed by atoms with E-state index in [-0.39, 0.29) is 46.9 Å². The zero-order valence-electron chi connectivity index (χ0n) is 27.4. The van der Waals surface area contributed by atoms with Crippen LogP contribution in [0.4, 0.5) is 0 Å². The van der Waals surface area contributed by atoms with Crippen molar-refractivity contribution in [3.05, 3.63) is 25.3 Å². The molecule has 7 nitrogen and oxygen atoms in total. The lowest BCUT2D eigenvalue weighted by Gasteiger charge is -2.48. The molecular formula is C34H56N2O5S. The van der Waals surface area contributed by atoms with E-state index in [1.54, 1.807) is 22.7 Å². The van der Waals surface area contributed by atoms with Gasteiger partial charge >= 0.3 is 5.97 Å². The summed E-state index contributed by atoms with van der Waals surface area (Å²) in [7, 11) is 0. The fourth-order valence-corrected chi connectivity index (χ4v) is 10.5. The summed E-state index contributed by atoms with van der Waals surface area (Å²) in [5.74, 6) is -1.84. The molecular weight excluding hydrogens is 548 g/mol. The van der Waals surface area contributed by atoms with Crippen molar-refractivity contribution in [1.29, 1.82) is 0 Å². The maximum atomic E-state index is 15.0. The minimum Gasteiger partial charge on any atom is -0.465 e. The second-order valence-corrected chi connectivity index (χ2v) is 16.2. The Morgan fingerprint density at radius 3 is 2.43 bits per heavy atom. The highest BCUT2D eigenvalue weighted by atomic mass is 32.2. The molecule has 0 aromatic rings. The number of aliphatic hydroxyl groups is 1. The molecule has 8 atom stereocenters. The van der Waals surface area contributed by atoms with E-state index in [0.717, 1.165) is 38.5 Å².